The molecule has 1 unspecified atom stereocenters. The Kier molecular flexibility index (Phi) is 4.87. The Labute approximate surface area is 164 Å². The zero-order valence-electron chi connectivity index (χ0n) is 14.9. The van der Waals surface area contributed by atoms with E-state index in [4.69, 9.17) is 4.42 Å². The fourth-order valence-corrected chi connectivity index (χ4v) is 4.92. The highest BCUT2D eigenvalue weighted by atomic mass is 32.2. The maximum atomic E-state index is 13.0. The van der Waals surface area contributed by atoms with Gasteiger partial charge in [0, 0.05) is 18.9 Å². The van der Waals surface area contributed by atoms with E-state index in [0.717, 1.165) is 22.5 Å². The number of halogens is 3. The molecule has 0 aliphatic carbocycles. The van der Waals surface area contributed by atoms with Crippen molar-refractivity contribution >= 4 is 10.0 Å². The molecule has 0 amide bonds. The maximum Gasteiger partial charge on any atom is 0.416 e. The van der Waals surface area contributed by atoms with Crippen molar-refractivity contribution in [3.05, 3.63) is 60.2 Å². The third-order valence-electron chi connectivity index (χ3n) is 4.61. The lowest BCUT2D eigenvalue weighted by atomic mass is 10.2. The number of alkyl halides is 3. The summed E-state index contributed by atoms with van der Waals surface area (Å²) in [5.41, 5.74) is -0.442. The molecule has 0 spiro atoms. The predicted molar refractivity (Wildman–Crippen MR) is 94.8 cm³/mol. The van der Waals surface area contributed by atoms with E-state index in [1.54, 1.807) is 18.3 Å². The molecule has 1 atom stereocenters. The lowest BCUT2D eigenvalue weighted by molar-refractivity contribution is -0.137. The second-order valence-corrected chi connectivity index (χ2v) is 8.38. The Morgan fingerprint density at radius 2 is 1.97 bits per heavy atom. The van der Waals surface area contributed by atoms with Gasteiger partial charge < -0.3 is 4.42 Å². The fourth-order valence-electron chi connectivity index (χ4n) is 3.22. The van der Waals surface area contributed by atoms with E-state index in [-0.39, 0.29) is 18.3 Å². The molecule has 3 aromatic rings. The molecule has 152 valence electrons. The fraction of sp³-hybridized carbons (Fsp3) is 0.278. The van der Waals surface area contributed by atoms with Crippen molar-refractivity contribution in [3.8, 4) is 11.5 Å². The van der Waals surface area contributed by atoms with Crippen LogP contribution in [0.15, 0.2) is 58.1 Å². The first-order chi connectivity index (χ1) is 13.8. The maximum absolute atomic E-state index is 13.0. The number of pyridine rings is 1. The molecule has 0 N–H and O–H groups in total. The van der Waals surface area contributed by atoms with E-state index in [1.165, 1.54) is 6.20 Å². The minimum absolute atomic E-state index is 0.0944. The summed E-state index contributed by atoms with van der Waals surface area (Å²) < 4.78 is 71.8. The number of aromatic nitrogens is 3. The Balaban J connectivity index is 1.66. The van der Waals surface area contributed by atoms with Gasteiger partial charge in [0.15, 0.2) is 0 Å². The van der Waals surface area contributed by atoms with Crippen molar-refractivity contribution in [1.82, 2.24) is 19.5 Å². The number of nitrogens with zero attached hydrogens (tertiary/aromatic N) is 4. The van der Waals surface area contributed by atoms with Crippen LogP contribution in [-0.2, 0) is 16.2 Å². The summed E-state index contributed by atoms with van der Waals surface area (Å²) in [6.07, 6.45) is -0.578. The summed E-state index contributed by atoms with van der Waals surface area (Å²) in [4.78, 5) is 3.54. The van der Waals surface area contributed by atoms with Gasteiger partial charge in [-0.15, -0.1) is 10.2 Å². The van der Waals surface area contributed by atoms with Crippen molar-refractivity contribution in [2.75, 3.05) is 6.54 Å². The second kappa shape index (κ2) is 7.23. The van der Waals surface area contributed by atoms with Crippen LogP contribution < -0.4 is 0 Å². The summed E-state index contributed by atoms with van der Waals surface area (Å²) in [7, 11) is -4.18. The molecule has 1 aromatic carbocycles. The molecular formula is C18H15F3N4O3S. The van der Waals surface area contributed by atoms with Gasteiger partial charge in [-0.1, -0.05) is 6.07 Å². The molecule has 7 nitrogen and oxygen atoms in total. The molecule has 11 heteroatoms. The Hall–Kier alpha value is -2.79. The van der Waals surface area contributed by atoms with Gasteiger partial charge in [0.25, 0.3) is 0 Å². The molecule has 1 fully saturated rings. The quantitative estimate of drug-likeness (QED) is 0.635. The van der Waals surface area contributed by atoms with Gasteiger partial charge in [-0.2, -0.15) is 17.5 Å². The van der Waals surface area contributed by atoms with Gasteiger partial charge in [0.1, 0.15) is 6.04 Å². The van der Waals surface area contributed by atoms with Gasteiger partial charge in [0.05, 0.1) is 16.0 Å². The van der Waals surface area contributed by atoms with Crippen molar-refractivity contribution in [2.24, 2.45) is 0 Å². The van der Waals surface area contributed by atoms with Gasteiger partial charge in [-0.25, -0.2) is 8.42 Å². The molecule has 0 radical (unpaired) electrons. The van der Waals surface area contributed by atoms with Gasteiger partial charge in [-0.3, -0.25) is 4.98 Å². The van der Waals surface area contributed by atoms with Crippen LogP contribution in [0.25, 0.3) is 11.5 Å². The normalized spacial score (nSPS) is 18.2. The average molecular weight is 424 g/mol. The number of hydrogen-bond acceptors (Lipinski definition) is 6. The zero-order valence-corrected chi connectivity index (χ0v) is 15.7. The molecule has 1 saturated heterocycles. The van der Waals surface area contributed by atoms with Crippen LogP contribution in [0.1, 0.15) is 30.3 Å². The molecule has 1 aliphatic rings. The van der Waals surface area contributed by atoms with Crippen LogP contribution in [0.5, 0.6) is 0 Å². The highest BCUT2D eigenvalue weighted by molar-refractivity contribution is 7.89. The highest BCUT2D eigenvalue weighted by Gasteiger charge is 2.40. The smallest absolute Gasteiger partial charge is 0.416 e. The number of hydrogen-bond donors (Lipinski definition) is 0. The molecule has 0 bridgehead atoms. The van der Waals surface area contributed by atoms with E-state index in [2.05, 4.69) is 15.2 Å². The highest BCUT2D eigenvalue weighted by Crippen LogP contribution is 2.38. The minimum Gasteiger partial charge on any atom is -0.419 e. The van der Waals surface area contributed by atoms with Crippen LogP contribution in [0.4, 0.5) is 13.2 Å². The van der Waals surface area contributed by atoms with E-state index in [9.17, 15) is 21.6 Å². The monoisotopic (exact) mass is 424 g/mol. The Morgan fingerprint density at radius 1 is 1.14 bits per heavy atom. The molecular weight excluding hydrogens is 409 g/mol. The summed E-state index contributed by atoms with van der Waals surface area (Å²) in [5.74, 6) is 0.285. The van der Waals surface area contributed by atoms with Crippen LogP contribution in [0.3, 0.4) is 0 Å². The number of sulfonamides is 1. The van der Waals surface area contributed by atoms with Gasteiger partial charge >= 0.3 is 6.18 Å². The van der Waals surface area contributed by atoms with Gasteiger partial charge in [0.2, 0.25) is 21.8 Å². The number of benzene rings is 1. The lowest BCUT2D eigenvalue weighted by Gasteiger charge is -2.22. The average Bonchev–Trinajstić information content (AvgIpc) is 3.38. The SMILES string of the molecule is O=S(=O)(c1cccc(C(F)(F)F)c1)N1CCCC1c1nnc(-c2cccnc2)o1. The minimum atomic E-state index is -4.64. The van der Waals surface area contributed by atoms with E-state index >= 15 is 0 Å². The molecule has 29 heavy (non-hydrogen) atoms. The Bertz CT molecular complexity index is 1120. The molecule has 2 aromatic heterocycles. The van der Waals surface area contributed by atoms with Crippen LogP contribution in [0, 0.1) is 0 Å². The zero-order chi connectivity index (χ0) is 20.6. The summed E-state index contributed by atoms with van der Waals surface area (Å²) in [6.45, 7) is 0.147. The van der Waals surface area contributed by atoms with Crippen molar-refractivity contribution < 1.29 is 26.0 Å². The standard InChI is InChI=1S/C18H15F3N4O3S/c19-18(20,21)13-5-1-6-14(10-13)29(26,27)25-9-3-7-15(25)17-24-23-16(28-17)12-4-2-8-22-11-12/h1-2,4-6,8,10-11,15H,3,7,9H2. The van der Waals surface area contributed by atoms with E-state index < -0.39 is 32.7 Å². The molecule has 0 saturated carbocycles. The lowest BCUT2D eigenvalue weighted by Crippen LogP contribution is -2.31. The predicted octanol–water partition coefficient (Wildman–Crippen LogP) is 3.68. The first-order valence-electron chi connectivity index (χ1n) is 8.70. The third kappa shape index (κ3) is 3.75. The van der Waals surface area contributed by atoms with Crippen molar-refractivity contribution in [3.63, 3.8) is 0 Å². The number of rotatable bonds is 4. The van der Waals surface area contributed by atoms with Crippen molar-refractivity contribution in [1.29, 1.82) is 0 Å². The van der Waals surface area contributed by atoms with Gasteiger partial charge in [-0.05, 0) is 43.2 Å². The topological polar surface area (TPSA) is 89.2 Å². The Morgan fingerprint density at radius 3 is 2.69 bits per heavy atom. The molecule has 4 rings (SSSR count). The summed E-state index contributed by atoms with van der Waals surface area (Å²) >= 11 is 0. The molecule has 1 aliphatic heterocycles. The third-order valence-corrected chi connectivity index (χ3v) is 6.51. The second-order valence-electron chi connectivity index (χ2n) is 6.49. The molecule has 3 heterocycles. The summed E-state index contributed by atoms with van der Waals surface area (Å²) in [6, 6.07) is 6.36. The first kappa shape index (κ1) is 19.5. The van der Waals surface area contributed by atoms with Crippen LogP contribution in [0.2, 0.25) is 0 Å². The van der Waals surface area contributed by atoms with E-state index in [1.807, 2.05) is 0 Å². The summed E-state index contributed by atoms with van der Waals surface area (Å²) in [5, 5.41) is 7.90. The first-order valence-corrected chi connectivity index (χ1v) is 10.1. The van der Waals surface area contributed by atoms with Crippen LogP contribution in [-0.4, -0.2) is 34.4 Å². The van der Waals surface area contributed by atoms with Crippen LogP contribution >= 0.6 is 0 Å². The van der Waals surface area contributed by atoms with Crippen molar-refractivity contribution in [2.45, 2.75) is 30.0 Å². The van der Waals surface area contributed by atoms with E-state index in [0.29, 0.717) is 24.5 Å². The largest absolute Gasteiger partial charge is 0.419 e.